The van der Waals surface area contributed by atoms with E-state index in [0.717, 1.165) is 13.0 Å². The fourth-order valence-electron chi connectivity index (χ4n) is 2.46. The molecule has 5 nitrogen and oxygen atoms in total. The summed E-state index contributed by atoms with van der Waals surface area (Å²) in [4.78, 5) is 18.4. The first kappa shape index (κ1) is 12.6. The van der Waals surface area contributed by atoms with Crippen LogP contribution in [-0.2, 0) is 13.0 Å². The van der Waals surface area contributed by atoms with E-state index in [1.54, 1.807) is 18.3 Å². The van der Waals surface area contributed by atoms with E-state index in [9.17, 15) is 4.79 Å². The maximum Gasteiger partial charge on any atom is 0.255 e. The highest BCUT2D eigenvalue weighted by atomic mass is 16.2. The number of anilines is 1. The highest BCUT2D eigenvalue weighted by molar-refractivity contribution is 5.94. The molecule has 0 saturated heterocycles. The number of nitrogens with two attached hydrogens (primary N) is 1. The highest BCUT2D eigenvalue weighted by Gasteiger charge is 2.21. The van der Waals surface area contributed by atoms with Crippen LogP contribution in [0, 0.1) is 0 Å². The van der Waals surface area contributed by atoms with Crippen LogP contribution >= 0.6 is 0 Å². The Morgan fingerprint density at radius 3 is 2.70 bits per heavy atom. The molecule has 2 aromatic rings. The van der Waals surface area contributed by atoms with Gasteiger partial charge >= 0.3 is 0 Å². The van der Waals surface area contributed by atoms with Crippen molar-refractivity contribution in [2.45, 2.75) is 13.0 Å². The molecule has 1 aromatic heterocycles. The largest absolute Gasteiger partial charge is 0.334 e. The molecule has 0 bridgehead atoms. The number of nitrogens with zero attached hydrogens (tertiary/aromatic N) is 2. The summed E-state index contributed by atoms with van der Waals surface area (Å²) in [6.07, 6.45) is 2.45. The SMILES string of the molecule is NNc1ccc(C(=O)N2CCc3ccccc3C2)cn1. The molecule has 1 amide bonds. The number of nitrogen functional groups attached to an aromatic ring is 1. The van der Waals surface area contributed by atoms with Crippen LogP contribution in [0.3, 0.4) is 0 Å². The lowest BCUT2D eigenvalue weighted by molar-refractivity contribution is 0.0734. The lowest BCUT2D eigenvalue weighted by Gasteiger charge is -2.28. The number of aromatic nitrogens is 1. The van der Waals surface area contributed by atoms with Gasteiger partial charge in [-0.3, -0.25) is 4.79 Å². The summed E-state index contributed by atoms with van der Waals surface area (Å²) >= 11 is 0. The zero-order valence-corrected chi connectivity index (χ0v) is 11.0. The molecule has 102 valence electrons. The van der Waals surface area contributed by atoms with E-state index >= 15 is 0 Å². The van der Waals surface area contributed by atoms with Crippen molar-refractivity contribution in [2.75, 3.05) is 12.0 Å². The van der Waals surface area contributed by atoms with Crippen molar-refractivity contribution in [3.63, 3.8) is 0 Å². The number of carbonyl (C=O) groups is 1. The number of nitrogens with one attached hydrogen (secondary N) is 1. The van der Waals surface area contributed by atoms with Gasteiger partial charge in [0.25, 0.3) is 5.91 Å². The summed E-state index contributed by atoms with van der Waals surface area (Å²) in [6.45, 7) is 1.40. The average Bonchev–Trinajstić information content (AvgIpc) is 2.54. The number of hydrogen-bond acceptors (Lipinski definition) is 4. The Morgan fingerprint density at radius 2 is 2.00 bits per heavy atom. The average molecular weight is 268 g/mol. The van der Waals surface area contributed by atoms with Gasteiger partial charge in [0.15, 0.2) is 0 Å². The van der Waals surface area contributed by atoms with Crippen LogP contribution in [0.2, 0.25) is 0 Å². The molecule has 0 spiro atoms. The number of benzene rings is 1. The van der Waals surface area contributed by atoms with Crippen LogP contribution in [0.4, 0.5) is 5.82 Å². The van der Waals surface area contributed by atoms with Gasteiger partial charge in [0.05, 0.1) is 5.56 Å². The second kappa shape index (κ2) is 5.30. The smallest absolute Gasteiger partial charge is 0.255 e. The molecule has 2 heterocycles. The second-order valence-corrected chi connectivity index (χ2v) is 4.82. The monoisotopic (exact) mass is 268 g/mol. The lowest BCUT2D eigenvalue weighted by atomic mass is 9.99. The summed E-state index contributed by atoms with van der Waals surface area (Å²) < 4.78 is 0. The molecule has 0 unspecified atom stereocenters. The third-order valence-corrected chi connectivity index (χ3v) is 3.58. The Morgan fingerprint density at radius 1 is 1.20 bits per heavy atom. The Bertz CT molecular complexity index is 624. The van der Waals surface area contributed by atoms with Crippen LogP contribution in [0.1, 0.15) is 21.5 Å². The summed E-state index contributed by atoms with van der Waals surface area (Å²) in [6, 6.07) is 11.7. The van der Waals surface area contributed by atoms with Crippen LogP contribution in [0.25, 0.3) is 0 Å². The number of rotatable bonds is 2. The van der Waals surface area contributed by atoms with Gasteiger partial charge in [0.2, 0.25) is 0 Å². The van der Waals surface area contributed by atoms with Crippen molar-refractivity contribution >= 4 is 11.7 Å². The van der Waals surface area contributed by atoms with Crippen molar-refractivity contribution in [2.24, 2.45) is 5.84 Å². The third-order valence-electron chi connectivity index (χ3n) is 3.58. The quantitative estimate of drug-likeness (QED) is 0.640. The fourth-order valence-corrected chi connectivity index (χ4v) is 2.46. The number of hydrogen-bond donors (Lipinski definition) is 2. The summed E-state index contributed by atoms with van der Waals surface area (Å²) in [5.41, 5.74) is 5.59. The molecule has 0 fully saturated rings. The number of fused-ring (bicyclic) bond motifs is 1. The molecular formula is C15H16N4O. The van der Waals surface area contributed by atoms with Gasteiger partial charge < -0.3 is 10.3 Å². The minimum atomic E-state index is 0.00979. The van der Waals surface area contributed by atoms with E-state index in [1.807, 2.05) is 17.0 Å². The predicted octanol–water partition coefficient (Wildman–Crippen LogP) is 1.57. The van der Waals surface area contributed by atoms with Crippen LogP contribution in [-0.4, -0.2) is 22.3 Å². The van der Waals surface area contributed by atoms with E-state index < -0.39 is 0 Å². The summed E-state index contributed by atoms with van der Waals surface area (Å²) in [5, 5.41) is 0. The van der Waals surface area contributed by atoms with Gasteiger partial charge in [-0.25, -0.2) is 10.8 Å². The summed E-state index contributed by atoms with van der Waals surface area (Å²) in [7, 11) is 0. The van der Waals surface area contributed by atoms with E-state index in [0.29, 0.717) is 17.9 Å². The Kier molecular flexibility index (Phi) is 3.35. The van der Waals surface area contributed by atoms with Crippen LogP contribution in [0.5, 0.6) is 0 Å². The Balaban J connectivity index is 1.78. The van der Waals surface area contributed by atoms with Gasteiger partial charge in [-0.15, -0.1) is 0 Å². The van der Waals surface area contributed by atoms with Crippen molar-refractivity contribution < 1.29 is 4.79 Å². The number of amides is 1. The topological polar surface area (TPSA) is 71.2 Å². The molecule has 3 rings (SSSR count). The predicted molar refractivity (Wildman–Crippen MR) is 76.9 cm³/mol. The van der Waals surface area contributed by atoms with E-state index in [1.165, 1.54) is 11.1 Å². The maximum absolute atomic E-state index is 12.4. The number of pyridine rings is 1. The van der Waals surface area contributed by atoms with Crippen molar-refractivity contribution in [1.82, 2.24) is 9.88 Å². The minimum absolute atomic E-state index is 0.00979. The normalized spacial score (nSPS) is 13.8. The minimum Gasteiger partial charge on any atom is -0.334 e. The molecule has 0 radical (unpaired) electrons. The van der Waals surface area contributed by atoms with Crippen LogP contribution in [0.15, 0.2) is 42.6 Å². The zero-order chi connectivity index (χ0) is 13.9. The van der Waals surface area contributed by atoms with Gasteiger partial charge in [-0.05, 0) is 29.7 Å². The molecule has 20 heavy (non-hydrogen) atoms. The molecule has 0 aliphatic carbocycles. The standard InChI is InChI=1S/C15H16N4O/c16-18-14-6-5-12(9-17-14)15(20)19-8-7-11-3-1-2-4-13(11)10-19/h1-6,9H,7-8,10,16H2,(H,17,18). The number of hydrazine groups is 1. The molecule has 0 saturated carbocycles. The van der Waals surface area contributed by atoms with E-state index in [-0.39, 0.29) is 5.91 Å². The zero-order valence-electron chi connectivity index (χ0n) is 11.0. The molecule has 1 aliphatic heterocycles. The first-order valence-electron chi connectivity index (χ1n) is 6.56. The molecule has 3 N–H and O–H groups in total. The highest BCUT2D eigenvalue weighted by Crippen LogP contribution is 2.20. The van der Waals surface area contributed by atoms with Gasteiger partial charge in [0.1, 0.15) is 5.82 Å². The second-order valence-electron chi connectivity index (χ2n) is 4.82. The summed E-state index contributed by atoms with van der Waals surface area (Å²) in [5.74, 6) is 5.82. The Hall–Kier alpha value is -2.40. The lowest BCUT2D eigenvalue weighted by Crippen LogP contribution is -2.36. The maximum atomic E-state index is 12.4. The Labute approximate surface area is 117 Å². The van der Waals surface area contributed by atoms with Gasteiger partial charge in [-0.1, -0.05) is 24.3 Å². The molecule has 5 heteroatoms. The molecule has 1 aromatic carbocycles. The molecular weight excluding hydrogens is 252 g/mol. The van der Waals surface area contributed by atoms with E-state index in [2.05, 4.69) is 22.5 Å². The van der Waals surface area contributed by atoms with Crippen molar-refractivity contribution in [1.29, 1.82) is 0 Å². The molecule has 0 atom stereocenters. The van der Waals surface area contributed by atoms with Crippen molar-refractivity contribution in [3.05, 3.63) is 59.3 Å². The van der Waals surface area contributed by atoms with Crippen molar-refractivity contribution in [3.8, 4) is 0 Å². The van der Waals surface area contributed by atoms with Gasteiger partial charge in [-0.2, -0.15) is 0 Å². The van der Waals surface area contributed by atoms with E-state index in [4.69, 9.17) is 5.84 Å². The number of carbonyl (C=O) groups excluding carboxylic acids is 1. The first-order chi connectivity index (χ1) is 9.78. The van der Waals surface area contributed by atoms with Crippen LogP contribution < -0.4 is 11.3 Å². The molecule has 1 aliphatic rings. The first-order valence-corrected chi connectivity index (χ1v) is 6.56. The fraction of sp³-hybridized carbons (Fsp3) is 0.200. The van der Waals surface area contributed by atoms with Gasteiger partial charge in [0, 0.05) is 19.3 Å². The third kappa shape index (κ3) is 2.35.